The average Bonchev–Trinajstić information content (AvgIpc) is 2.42. The highest BCUT2D eigenvalue weighted by Gasteiger charge is 2.11. The fraction of sp³-hybridized carbons (Fsp3) is 0.188. The lowest BCUT2D eigenvalue weighted by Gasteiger charge is -2.09. The van der Waals surface area contributed by atoms with Gasteiger partial charge in [-0.1, -0.05) is 26.0 Å². The van der Waals surface area contributed by atoms with Crippen LogP contribution in [0.15, 0.2) is 46.9 Å². The molecule has 0 aliphatic carbocycles. The van der Waals surface area contributed by atoms with Gasteiger partial charge in [0.05, 0.1) is 5.56 Å². The van der Waals surface area contributed by atoms with Crippen LogP contribution in [0.25, 0.3) is 0 Å². The SMILES string of the molecule is CC(C)c1ccc(NC(=O)c2cc(I)ccc2Br)cc1. The molecule has 2 aromatic carbocycles. The molecule has 0 unspecified atom stereocenters. The maximum atomic E-state index is 12.3. The van der Waals surface area contributed by atoms with Gasteiger partial charge in [-0.15, -0.1) is 0 Å². The van der Waals surface area contributed by atoms with Crippen molar-refractivity contribution in [1.82, 2.24) is 0 Å². The summed E-state index contributed by atoms with van der Waals surface area (Å²) in [6.45, 7) is 4.30. The molecule has 0 saturated carbocycles. The third kappa shape index (κ3) is 3.82. The summed E-state index contributed by atoms with van der Waals surface area (Å²) >= 11 is 5.61. The van der Waals surface area contributed by atoms with Gasteiger partial charge >= 0.3 is 0 Å². The second kappa shape index (κ2) is 6.72. The highest BCUT2D eigenvalue weighted by molar-refractivity contribution is 14.1. The van der Waals surface area contributed by atoms with E-state index < -0.39 is 0 Å². The zero-order valence-corrected chi connectivity index (χ0v) is 15.0. The molecule has 1 N–H and O–H groups in total. The van der Waals surface area contributed by atoms with Gasteiger partial charge in [0.25, 0.3) is 5.91 Å². The molecule has 0 aromatic heterocycles. The Labute approximate surface area is 141 Å². The van der Waals surface area contributed by atoms with Gasteiger partial charge in [-0.25, -0.2) is 0 Å². The van der Waals surface area contributed by atoms with Crippen molar-refractivity contribution in [2.24, 2.45) is 0 Å². The van der Waals surface area contributed by atoms with Gasteiger partial charge < -0.3 is 5.32 Å². The van der Waals surface area contributed by atoms with Crippen molar-refractivity contribution in [3.8, 4) is 0 Å². The second-order valence-corrected chi connectivity index (χ2v) is 6.95. The minimum Gasteiger partial charge on any atom is -0.322 e. The molecule has 0 aliphatic rings. The molecule has 0 spiro atoms. The fourth-order valence-corrected chi connectivity index (χ4v) is 2.74. The Morgan fingerprint density at radius 3 is 2.40 bits per heavy atom. The maximum Gasteiger partial charge on any atom is 0.256 e. The Balaban J connectivity index is 2.17. The largest absolute Gasteiger partial charge is 0.322 e. The van der Waals surface area contributed by atoms with Gasteiger partial charge in [-0.05, 0) is 80.3 Å². The number of halogens is 2. The summed E-state index contributed by atoms with van der Waals surface area (Å²) in [4.78, 5) is 12.3. The molecule has 0 atom stereocenters. The van der Waals surface area contributed by atoms with E-state index in [0.717, 1.165) is 13.7 Å². The second-order valence-electron chi connectivity index (χ2n) is 4.86. The van der Waals surface area contributed by atoms with Crippen LogP contribution in [0.1, 0.15) is 35.7 Å². The van der Waals surface area contributed by atoms with Crippen molar-refractivity contribution < 1.29 is 4.79 Å². The van der Waals surface area contributed by atoms with Crippen LogP contribution in [0.3, 0.4) is 0 Å². The first-order chi connectivity index (χ1) is 9.47. The van der Waals surface area contributed by atoms with Crippen LogP contribution >= 0.6 is 38.5 Å². The molecule has 0 heterocycles. The van der Waals surface area contributed by atoms with E-state index in [4.69, 9.17) is 0 Å². The molecule has 0 saturated heterocycles. The van der Waals surface area contributed by atoms with E-state index in [1.165, 1.54) is 5.56 Å². The smallest absolute Gasteiger partial charge is 0.256 e. The van der Waals surface area contributed by atoms with Gasteiger partial charge in [0.1, 0.15) is 0 Å². The summed E-state index contributed by atoms with van der Waals surface area (Å²) in [5, 5.41) is 2.92. The van der Waals surface area contributed by atoms with Crippen molar-refractivity contribution in [2.45, 2.75) is 19.8 Å². The standard InChI is InChI=1S/C16H15BrINO/c1-10(2)11-3-6-13(7-4-11)19-16(20)14-9-12(18)5-8-15(14)17/h3-10H,1-2H3,(H,19,20). The number of hydrogen-bond donors (Lipinski definition) is 1. The summed E-state index contributed by atoms with van der Waals surface area (Å²) in [6, 6.07) is 13.7. The molecule has 2 nitrogen and oxygen atoms in total. The first-order valence-corrected chi connectivity index (χ1v) is 8.21. The van der Waals surface area contributed by atoms with E-state index in [1.54, 1.807) is 0 Å². The van der Waals surface area contributed by atoms with Crippen molar-refractivity contribution in [3.05, 3.63) is 61.6 Å². The Morgan fingerprint density at radius 2 is 1.80 bits per heavy atom. The molecule has 0 bridgehead atoms. The Kier molecular flexibility index (Phi) is 5.21. The number of anilines is 1. The molecular formula is C16H15BrINO. The number of nitrogens with one attached hydrogen (secondary N) is 1. The first kappa shape index (κ1) is 15.5. The van der Waals surface area contributed by atoms with E-state index in [2.05, 4.69) is 57.7 Å². The molecule has 104 valence electrons. The fourth-order valence-electron chi connectivity index (χ4n) is 1.82. The quantitative estimate of drug-likeness (QED) is 0.629. The number of amides is 1. The molecular weight excluding hydrogens is 429 g/mol. The number of hydrogen-bond acceptors (Lipinski definition) is 1. The van der Waals surface area contributed by atoms with Gasteiger partial charge in [-0.3, -0.25) is 4.79 Å². The van der Waals surface area contributed by atoms with E-state index >= 15 is 0 Å². The number of rotatable bonds is 3. The highest BCUT2D eigenvalue weighted by atomic mass is 127. The molecule has 20 heavy (non-hydrogen) atoms. The lowest BCUT2D eigenvalue weighted by molar-refractivity contribution is 0.102. The topological polar surface area (TPSA) is 29.1 Å². The lowest BCUT2D eigenvalue weighted by atomic mass is 10.0. The molecule has 0 fully saturated rings. The Hall–Kier alpha value is -0.880. The molecule has 4 heteroatoms. The predicted octanol–water partition coefficient (Wildman–Crippen LogP) is 5.43. The molecule has 0 aliphatic heterocycles. The van der Waals surface area contributed by atoms with Crippen LogP contribution in [0.4, 0.5) is 5.69 Å². The normalized spacial score (nSPS) is 10.7. The zero-order valence-electron chi connectivity index (χ0n) is 11.3. The molecule has 1 amide bonds. The van der Waals surface area contributed by atoms with Gasteiger partial charge in [0.15, 0.2) is 0 Å². The zero-order chi connectivity index (χ0) is 14.7. The van der Waals surface area contributed by atoms with E-state index in [1.807, 2.05) is 42.5 Å². The van der Waals surface area contributed by atoms with Crippen LogP contribution in [0.2, 0.25) is 0 Å². The van der Waals surface area contributed by atoms with Crippen molar-refractivity contribution in [2.75, 3.05) is 5.32 Å². The van der Waals surface area contributed by atoms with Crippen molar-refractivity contribution in [1.29, 1.82) is 0 Å². The molecule has 2 aromatic rings. The van der Waals surface area contributed by atoms with Crippen molar-refractivity contribution >= 4 is 50.1 Å². The summed E-state index contributed by atoms with van der Waals surface area (Å²) in [5.74, 6) is 0.386. The Morgan fingerprint density at radius 1 is 1.15 bits per heavy atom. The first-order valence-electron chi connectivity index (χ1n) is 6.33. The van der Waals surface area contributed by atoms with Crippen LogP contribution < -0.4 is 5.32 Å². The third-order valence-electron chi connectivity index (χ3n) is 3.01. The minimum absolute atomic E-state index is 0.104. The van der Waals surface area contributed by atoms with E-state index in [9.17, 15) is 4.79 Å². The summed E-state index contributed by atoms with van der Waals surface area (Å²) in [5.41, 5.74) is 2.72. The highest BCUT2D eigenvalue weighted by Crippen LogP contribution is 2.22. The van der Waals surface area contributed by atoms with E-state index in [-0.39, 0.29) is 5.91 Å². The van der Waals surface area contributed by atoms with Crippen LogP contribution in [-0.2, 0) is 0 Å². The number of carbonyl (C=O) groups excluding carboxylic acids is 1. The van der Waals surface area contributed by atoms with Crippen molar-refractivity contribution in [3.63, 3.8) is 0 Å². The predicted molar refractivity (Wildman–Crippen MR) is 95.3 cm³/mol. The Bertz CT molecular complexity index is 623. The molecule has 2 rings (SSSR count). The summed E-state index contributed by atoms with van der Waals surface area (Å²) in [6.07, 6.45) is 0. The van der Waals surface area contributed by atoms with E-state index in [0.29, 0.717) is 11.5 Å². The average molecular weight is 444 g/mol. The van der Waals surface area contributed by atoms with Crippen LogP contribution in [0, 0.1) is 3.57 Å². The minimum atomic E-state index is -0.104. The van der Waals surface area contributed by atoms with Gasteiger partial charge in [-0.2, -0.15) is 0 Å². The van der Waals surface area contributed by atoms with Crippen LogP contribution in [-0.4, -0.2) is 5.91 Å². The van der Waals surface area contributed by atoms with Gasteiger partial charge in [0.2, 0.25) is 0 Å². The number of carbonyl (C=O) groups is 1. The maximum absolute atomic E-state index is 12.3. The van der Waals surface area contributed by atoms with Crippen LogP contribution in [0.5, 0.6) is 0 Å². The lowest BCUT2D eigenvalue weighted by Crippen LogP contribution is -2.12. The third-order valence-corrected chi connectivity index (χ3v) is 4.37. The number of benzene rings is 2. The van der Waals surface area contributed by atoms with Gasteiger partial charge in [0, 0.05) is 13.7 Å². The molecule has 0 radical (unpaired) electrons. The summed E-state index contributed by atoms with van der Waals surface area (Å²) in [7, 11) is 0. The summed E-state index contributed by atoms with van der Waals surface area (Å²) < 4.78 is 1.83. The monoisotopic (exact) mass is 443 g/mol.